The number of pyridine rings is 1. The number of nitrogens with zero attached hydrogens (tertiary/aromatic N) is 3. The molecule has 0 amide bonds. The Morgan fingerprint density at radius 1 is 1.19 bits per heavy atom. The maximum Gasteiger partial charge on any atom is 0.191 e. The Morgan fingerprint density at radius 2 is 1.96 bits per heavy atom. The highest BCUT2D eigenvalue weighted by atomic mass is 15.2. The van der Waals surface area contributed by atoms with Crippen molar-refractivity contribution in [1.82, 2.24) is 20.5 Å². The van der Waals surface area contributed by atoms with Gasteiger partial charge in [0.1, 0.15) is 0 Å². The number of aliphatic imine (C=N–C) groups is 1. The molecule has 2 heterocycles. The third kappa shape index (κ3) is 5.44. The average molecular weight is 358 g/mol. The van der Waals surface area contributed by atoms with Crippen molar-refractivity contribution in [1.29, 1.82) is 0 Å². The first-order valence-electron chi connectivity index (χ1n) is 10.4. The van der Waals surface area contributed by atoms with Crippen LogP contribution in [0.2, 0.25) is 0 Å². The summed E-state index contributed by atoms with van der Waals surface area (Å²) >= 11 is 0. The number of hydrogen-bond donors (Lipinski definition) is 2. The van der Waals surface area contributed by atoms with Crippen LogP contribution in [0.3, 0.4) is 0 Å². The summed E-state index contributed by atoms with van der Waals surface area (Å²) in [7, 11) is 1.87. The average Bonchev–Trinajstić information content (AvgIpc) is 2.70. The normalized spacial score (nSPS) is 20.9. The van der Waals surface area contributed by atoms with Crippen LogP contribution in [0.4, 0.5) is 0 Å². The second kappa shape index (κ2) is 9.91. The molecule has 26 heavy (non-hydrogen) atoms. The van der Waals surface area contributed by atoms with Gasteiger partial charge in [-0.1, -0.05) is 19.3 Å². The largest absolute Gasteiger partial charge is 0.356 e. The number of rotatable bonds is 5. The van der Waals surface area contributed by atoms with Crippen molar-refractivity contribution in [2.75, 3.05) is 26.7 Å². The van der Waals surface area contributed by atoms with Crippen LogP contribution < -0.4 is 10.6 Å². The van der Waals surface area contributed by atoms with Gasteiger partial charge in [-0.2, -0.15) is 0 Å². The standard InChI is InChI=1S/C21H35N5/c1-17-16-23-12-8-18(17)9-13-24-21(22-2)25-19-10-14-26(15-11-19)20-6-4-3-5-7-20/h8,12,16,19-20H,3-7,9-11,13-15H2,1-2H3,(H2,22,24,25). The van der Waals surface area contributed by atoms with E-state index in [4.69, 9.17) is 0 Å². The van der Waals surface area contributed by atoms with Crippen molar-refractivity contribution in [2.45, 2.75) is 70.4 Å². The van der Waals surface area contributed by atoms with Gasteiger partial charge in [-0.25, -0.2) is 0 Å². The lowest BCUT2D eigenvalue weighted by Crippen LogP contribution is -2.51. The van der Waals surface area contributed by atoms with E-state index in [1.165, 1.54) is 69.2 Å². The third-order valence-electron chi connectivity index (χ3n) is 6.01. The number of hydrogen-bond acceptors (Lipinski definition) is 3. The molecular formula is C21H35N5. The smallest absolute Gasteiger partial charge is 0.191 e. The predicted octanol–water partition coefficient (Wildman–Crippen LogP) is 2.89. The van der Waals surface area contributed by atoms with Crippen LogP contribution in [0.5, 0.6) is 0 Å². The fourth-order valence-electron chi connectivity index (χ4n) is 4.34. The van der Waals surface area contributed by atoms with E-state index in [0.717, 1.165) is 25.0 Å². The molecule has 1 saturated heterocycles. The van der Waals surface area contributed by atoms with Crippen LogP contribution in [0, 0.1) is 6.92 Å². The van der Waals surface area contributed by atoms with E-state index in [9.17, 15) is 0 Å². The lowest BCUT2D eigenvalue weighted by Gasteiger charge is -2.39. The van der Waals surface area contributed by atoms with E-state index >= 15 is 0 Å². The van der Waals surface area contributed by atoms with Crippen molar-refractivity contribution in [3.8, 4) is 0 Å². The minimum Gasteiger partial charge on any atom is -0.356 e. The molecular weight excluding hydrogens is 322 g/mol. The zero-order chi connectivity index (χ0) is 18.2. The summed E-state index contributed by atoms with van der Waals surface area (Å²) in [5.74, 6) is 0.938. The summed E-state index contributed by atoms with van der Waals surface area (Å²) < 4.78 is 0. The maximum absolute atomic E-state index is 4.41. The van der Waals surface area contributed by atoms with E-state index in [-0.39, 0.29) is 0 Å². The van der Waals surface area contributed by atoms with Gasteiger partial charge in [0.05, 0.1) is 0 Å². The topological polar surface area (TPSA) is 52.6 Å². The molecule has 1 aromatic rings. The highest BCUT2D eigenvalue weighted by Gasteiger charge is 2.26. The zero-order valence-corrected chi connectivity index (χ0v) is 16.5. The maximum atomic E-state index is 4.41. The molecule has 0 unspecified atom stereocenters. The summed E-state index contributed by atoms with van der Waals surface area (Å²) in [6, 6.07) is 3.50. The Bertz CT molecular complexity index is 572. The number of aryl methyl sites for hydroxylation is 1. The van der Waals surface area contributed by atoms with Gasteiger partial charge in [0.25, 0.3) is 0 Å². The Morgan fingerprint density at radius 3 is 2.65 bits per heavy atom. The molecule has 5 nitrogen and oxygen atoms in total. The lowest BCUT2D eigenvalue weighted by atomic mass is 9.92. The minimum absolute atomic E-state index is 0.545. The minimum atomic E-state index is 0.545. The third-order valence-corrected chi connectivity index (χ3v) is 6.01. The van der Waals surface area contributed by atoms with E-state index in [0.29, 0.717) is 6.04 Å². The van der Waals surface area contributed by atoms with Crippen LogP contribution in [0.15, 0.2) is 23.5 Å². The molecule has 3 rings (SSSR count). The lowest BCUT2D eigenvalue weighted by molar-refractivity contribution is 0.119. The van der Waals surface area contributed by atoms with Gasteiger partial charge in [-0.3, -0.25) is 9.98 Å². The Balaban J connectivity index is 1.38. The van der Waals surface area contributed by atoms with Crippen molar-refractivity contribution in [3.63, 3.8) is 0 Å². The van der Waals surface area contributed by atoms with Gasteiger partial charge >= 0.3 is 0 Å². The van der Waals surface area contributed by atoms with Crippen LogP contribution in [0.25, 0.3) is 0 Å². The molecule has 1 saturated carbocycles. The van der Waals surface area contributed by atoms with Crippen molar-refractivity contribution < 1.29 is 0 Å². The first-order chi connectivity index (χ1) is 12.8. The first kappa shape index (κ1) is 19.2. The number of piperidine rings is 1. The first-order valence-corrected chi connectivity index (χ1v) is 10.4. The Hall–Kier alpha value is -1.62. The van der Waals surface area contributed by atoms with Gasteiger partial charge in [0, 0.05) is 51.2 Å². The molecule has 1 aliphatic carbocycles. The predicted molar refractivity (Wildman–Crippen MR) is 109 cm³/mol. The Labute approximate surface area is 158 Å². The van der Waals surface area contributed by atoms with Crippen LogP contribution >= 0.6 is 0 Å². The molecule has 0 spiro atoms. The highest BCUT2D eigenvalue weighted by molar-refractivity contribution is 5.79. The highest BCUT2D eigenvalue weighted by Crippen LogP contribution is 2.25. The molecule has 2 fully saturated rings. The summed E-state index contributed by atoms with van der Waals surface area (Å²) in [5, 5.41) is 7.10. The molecule has 0 aromatic carbocycles. The second-order valence-corrected chi connectivity index (χ2v) is 7.80. The molecule has 144 valence electrons. The van der Waals surface area contributed by atoms with Crippen LogP contribution in [-0.4, -0.2) is 54.6 Å². The summed E-state index contributed by atoms with van der Waals surface area (Å²) in [4.78, 5) is 11.3. The van der Waals surface area contributed by atoms with Gasteiger partial charge in [0.2, 0.25) is 0 Å². The molecule has 0 bridgehead atoms. The van der Waals surface area contributed by atoms with E-state index in [1.807, 2.05) is 19.4 Å². The fraction of sp³-hybridized carbons (Fsp3) is 0.714. The second-order valence-electron chi connectivity index (χ2n) is 7.80. The molecule has 0 radical (unpaired) electrons. The van der Waals surface area contributed by atoms with Crippen molar-refractivity contribution >= 4 is 5.96 Å². The molecule has 2 N–H and O–H groups in total. The van der Waals surface area contributed by atoms with Gasteiger partial charge < -0.3 is 15.5 Å². The van der Waals surface area contributed by atoms with Crippen molar-refractivity contribution in [2.24, 2.45) is 4.99 Å². The van der Waals surface area contributed by atoms with Crippen molar-refractivity contribution in [3.05, 3.63) is 29.6 Å². The summed E-state index contributed by atoms with van der Waals surface area (Å²) in [6.45, 7) is 5.48. The molecule has 5 heteroatoms. The monoisotopic (exact) mass is 357 g/mol. The van der Waals surface area contributed by atoms with E-state index < -0.39 is 0 Å². The molecule has 0 atom stereocenters. The number of guanidine groups is 1. The SMILES string of the molecule is CN=C(NCCc1ccncc1C)NC1CCN(C2CCCCC2)CC1. The molecule has 2 aliphatic rings. The fourth-order valence-corrected chi connectivity index (χ4v) is 4.34. The van der Waals surface area contributed by atoms with E-state index in [1.54, 1.807) is 0 Å². The van der Waals surface area contributed by atoms with Crippen LogP contribution in [0.1, 0.15) is 56.1 Å². The van der Waals surface area contributed by atoms with Crippen LogP contribution in [-0.2, 0) is 6.42 Å². The van der Waals surface area contributed by atoms with Gasteiger partial charge in [0.15, 0.2) is 5.96 Å². The van der Waals surface area contributed by atoms with E-state index in [2.05, 4.69) is 38.5 Å². The molecule has 1 aromatic heterocycles. The van der Waals surface area contributed by atoms with Gasteiger partial charge in [-0.15, -0.1) is 0 Å². The molecule has 1 aliphatic heterocycles. The number of likely N-dealkylation sites (tertiary alicyclic amines) is 1. The summed E-state index contributed by atoms with van der Waals surface area (Å²) in [5.41, 5.74) is 2.61. The summed E-state index contributed by atoms with van der Waals surface area (Å²) in [6.07, 6.45) is 14.4. The number of aromatic nitrogens is 1. The Kier molecular flexibility index (Phi) is 7.30. The van der Waals surface area contributed by atoms with Gasteiger partial charge in [-0.05, 0) is 56.2 Å². The number of nitrogens with one attached hydrogen (secondary N) is 2. The quantitative estimate of drug-likeness (QED) is 0.628. The zero-order valence-electron chi connectivity index (χ0n) is 16.5.